The molecule has 1 aliphatic carbocycles. The average molecular weight is 289 g/mol. The number of fused-ring (bicyclic) bond motifs is 1. The van der Waals surface area contributed by atoms with Gasteiger partial charge in [0.1, 0.15) is 11.6 Å². The molecule has 0 bridgehead atoms. The monoisotopic (exact) mass is 288 g/mol. The van der Waals surface area contributed by atoms with Gasteiger partial charge in [-0.25, -0.2) is 15.8 Å². The molecule has 1 heterocycles. The van der Waals surface area contributed by atoms with Crippen LogP contribution in [0.3, 0.4) is 0 Å². The summed E-state index contributed by atoms with van der Waals surface area (Å²) in [7, 11) is 0. The lowest BCUT2D eigenvalue weighted by molar-refractivity contribution is 0.657. The summed E-state index contributed by atoms with van der Waals surface area (Å²) in [5.74, 6) is 7.18. The van der Waals surface area contributed by atoms with Crippen LogP contribution in [0.5, 0.6) is 0 Å². The van der Waals surface area contributed by atoms with Crippen LogP contribution < -0.4 is 11.3 Å². The Bertz CT molecular complexity index is 593. The number of hydrogen-bond acceptors (Lipinski definition) is 4. The van der Waals surface area contributed by atoms with Crippen molar-refractivity contribution >= 4 is 17.4 Å². The topological polar surface area (TPSA) is 63.8 Å². The van der Waals surface area contributed by atoms with Crippen molar-refractivity contribution in [3.05, 3.63) is 51.9 Å². The molecular formula is C15H17ClN4. The number of rotatable bonds is 3. The molecule has 104 valence electrons. The number of nitrogens with two attached hydrogens (primary N) is 1. The summed E-state index contributed by atoms with van der Waals surface area (Å²) < 4.78 is 0. The minimum absolute atomic E-state index is 0.694. The first kappa shape index (κ1) is 13.3. The van der Waals surface area contributed by atoms with E-state index in [2.05, 4.69) is 10.4 Å². The van der Waals surface area contributed by atoms with Crippen LogP contribution in [0.4, 0.5) is 5.82 Å². The number of nitrogens with one attached hydrogen (secondary N) is 1. The first-order valence-corrected chi connectivity index (χ1v) is 7.24. The van der Waals surface area contributed by atoms with Crippen LogP contribution in [0.15, 0.2) is 24.3 Å². The number of aryl methyl sites for hydroxylation is 1. The quantitative estimate of drug-likeness (QED) is 0.673. The van der Waals surface area contributed by atoms with Gasteiger partial charge in [0.25, 0.3) is 0 Å². The van der Waals surface area contributed by atoms with E-state index in [0.29, 0.717) is 6.42 Å². The molecule has 1 aliphatic rings. The number of hydrazine groups is 1. The maximum absolute atomic E-state index is 5.90. The highest BCUT2D eigenvalue weighted by molar-refractivity contribution is 6.30. The van der Waals surface area contributed by atoms with Gasteiger partial charge in [-0.1, -0.05) is 23.7 Å². The molecule has 0 amide bonds. The summed E-state index contributed by atoms with van der Waals surface area (Å²) in [6, 6.07) is 7.77. The minimum Gasteiger partial charge on any atom is -0.308 e. The molecule has 0 aliphatic heterocycles. The molecule has 0 saturated heterocycles. The van der Waals surface area contributed by atoms with Gasteiger partial charge >= 0.3 is 0 Å². The Morgan fingerprint density at radius 3 is 2.60 bits per heavy atom. The van der Waals surface area contributed by atoms with Crippen LogP contribution in [0.1, 0.15) is 35.5 Å². The normalized spacial score (nSPS) is 13.9. The largest absolute Gasteiger partial charge is 0.308 e. The van der Waals surface area contributed by atoms with Crippen LogP contribution >= 0.6 is 11.6 Å². The van der Waals surface area contributed by atoms with Crippen molar-refractivity contribution < 1.29 is 0 Å². The second-order valence-electron chi connectivity index (χ2n) is 5.07. The fraction of sp³-hybridized carbons (Fsp3) is 0.333. The number of anilines is 1. The van der Waals surface area contributed by atoms with E-state index in [0.717, 1.165) is 40.8 Å². The predicted molar refractivity (Wildman–Crippen MR) is 80.7 cm³/mol. The highest BCUT2D eigenvalue weighted by atomic mass is 35.5. The lowest BCUT2D eigenvalue weighted by atomic mass is 9.96. The third-order valence-electron chi connectivity index (χ3n) is 3.64. The number of nitrogens with zero attached hydrogens (tertiary/aromatic N) is 2. The van der Waals surface area contributed by atoms with Crippen LogP contribution in [-0.4, -0.2) is 9.97 Å². The molecule has 1 aromatic heterocycles. The Morgan fingerprint density at radius 1 is 1.10 bits per heavy atom. The molecule has 1 aromatic carbocycles. The Labute approximate surface area is 123 Å². The van der Waals surface area contributed by atoms with Crippen LogP contribution in [-0.2, 0) is 19.3 Å². The second kappa shape index (κ2) is 5.77. The number of nitrogen functional groups attached to an aromatic ring is 1. The molecule has 0 radical (unpaired) electrons. The summed E-state index contributed by atoms with van der Waals surface area (Å²) in [5, 5.41) is 0.740. The molecule has 4 nitrogen and oxygen atoms in total. The molecule has 0 saturated carbocycles. The Balaban J connectivity index is 1.91. The Hall–Kier alpha value is -1.65. The fourth-order valence-electron chi connectivity index (χ4n) is 2.63. The van der Waals surface area contributed by atoms with Gasteiger partial charge in [-0.3, -0.25) is 0 Å². The highest BCUT2D eigenvalue weighted by Crippen LogP contribution is 2.25. The van der Waals surface area contributed by atoms with E-state index in [1.807, 2.05) is 24.3 Å². The fourth-order valence-corrected chi connectivity index (χ4v) is 2.75. The number of benzene rings is 1. The first-order chi connectivity index (χ1) is 9.76. The van der Waals surface area contributed by atoms with Crippen molar-refractivity contribution in [3.63, 3.8) is 0 Å². The molecule has 2 aromatic rings. The smallest absolute Gasteiger partial charge is 0.147 e. The molecule has 0 atom stereocenters. The molecule has 0 fully saturated rings. The van der Waals surface area contributed by atoms with Gasteiger partial charge in [0, 0.05) is 22.7 Å². The van der Waals surface area contributed by atoms with Gasteiger partial charge < -0.3 is 5.43 Å². The zero-order valence-electron chi connectivity index (χ0n) is 11.2. The minimum atomic E-state index is 0.694. The van der Waals surface area contributed by atoms with Crippen LogP contribution in [0.2, 0.25) is 5.02 Å². The highest BCUT2D eigenvalue weighted by Gasteiger charge is 2.17. The van der Waals surface area contributed by atoms with E-state index in [1.165, 1.54) is 18.4 Å². The molecule has 0 unspecified atom stereocenters. The second-order valence-corrected chi connectivity index (χ2v) is 5.50. The summed E-state index contributed by atoms with van der Waals surface area (Å²) in [4.78, 5) is 9.24. The summed E-state index contributed by atoms with van der Waals surface area (Å²) in [6.07, 6.45) is 5.09. The lowest BCUT2D eigenvalue weighted by Crippen LogP contribution is -2.18. The van der Waals surface area contributed by atoms with E-state index in [9.17, 15) is 0 Å². The van der Waals surface area contributed by atoms with Gasteiger partial charge in [0.2, 0.25) is 0 Å². The van der Waals surface area contributed by atoms with E-state index < -0.39 is 0 Å². The van der Waals surface area contributed by atoms with E-state index in [1.54, 1.807) is 0 Å². The number of aromatic nitrogens is 2. The molecule has 20 heavy (non-hydrogen) atoms. The van der Waals surface area contributed by atoms with Crippen molar-refractivity contribution in [2.75, 3.05) is 5.43 Å². The third kappa shape index (κ3) is 2.76. The van der Waals surface area contributed by atoms with Gasteiger partial charge in [0.05, 0.1) is 0 Å². The lowest BCUT2D eigenvalue weighted by Gasteiger charge is -2.18. The number of halogens is 1. The molecular weight excluding hydrogens is 272 g/mol. The summed E-state index contributed by atoms with van der Waals surface area (Å²) >= 11 is 5.90. The zero-order valence-corrected chi connectivity index (χ0v) is 12.0. The van der Waals surface area contributed by atoms with E-state index in [4.69, 9.17) is 22.4 Å². The van der Waals surface area contributed by atoms with Gasteiger partial charge in [0.15, 0.2) is 0 Å². The van der Waals surface area contributed by atoms with Crippen LogP contribution in [0.25, 0.3) is 0 Å². The maximum atomic E-state index is 5.90. The standard InChI is InChI=1S/C15H17ClN4/c16-11-7-5-10(6-8-11)9-14-18-13-4-2-1-3-12(13)15(19-14)20-17/h5-8H,1-4,9,17H2,(H,18,19,20). The molecule has 5 heteroatoms. The predicted octanol–water partition coefficient (Wildman–Crippen LogP) is 2.89. The molecule has 3 N–H and O–H groups in total. The van der Waals surface area contributed by atoms with Gasteiger partial charge in [-0.2, -0.15) is 0 Å². The average Bonchev–Trinajstić information content (AvgIpc) is 2.49. The van der Waals surface area contributed by atoms with E-state index >= 15 is 0 Å². The van der Waals surface area contributed by atoms with Crippen molar-refractivity contribution in [2.45, 2.75) is 32.1 Å². The summed E-state index contributed by atoms with van der Waals surface area (Å²) in [5.41, 5.74) is 6.19. The molecule has 3 rings (SSSR count). The van der Waals surface area contributed by atoms with Gasteiger partial charge in [-0.15, -0.1) is 0 Å². The SMILES string of the molecule is NNc1nc(Cc2ccc(Cl)cc2)nc2c1CCCC2. The third-order valence-corrected chi connectivity index (χ3v) is 3.89. The Kier molecular flexibility index (Phi) is 3.85. The van der Waals surface area contributed by atoms with Crippen molar-refractivity contribution in [3.8, 4) is 0 Å². The first-order valence-electron chi connectivity index (χ1n) is 6.86. The molecule has 0 spiro atoms. The zero-order chi connectivity index (χ0) is 13.9. The van der Waals surface area contributed by atoms with Crippen molar-refractivity contribution in [2.24, 2.45) is 5.84 Å². The summed E-state index contributed by atoms with van der Waals surface area (Å²) in [6.45, 7) is 0. The Morgan fingerprint density at radius 2 is 1.85 bits per heavy atom. The maximum Gasteiger partial charge on any atom is 0.147 e. The van der Waals surface area contributed by atoms with Crippen LogP contribution in [0, 0.1) is 0 Å². The van der Waals surface area contributed by atoms with Crippen molar-refractivity contribution in [1.29, 1.82) is 0 Å². The van der Waals surface area contributed by atoms with Gasteiger partial charge in [-0.05, 0) is 43.4 Å². The van der Waals surface area contributed by atoms with E-state index in [-0.39, 0.29) is 0 Å². The number of hydrogen-bond donors (Lipinski definition) is 2. The van der Waals surface area contributed by atoms with Crippen molar-refractivity contribution in [1.82, 2.24) is 9.97 Å².